The van der Waals surface area contributed by atoms with Gasteiger partial charge in [0.05, 0.1) is 18.1 Å². The summed E-state index contributed by atoms with van der Waals surface area (Å²) < 4.78 is 11.8. The van der Waals surface area contributed by atoms with Gasteiger partial charge in [0.25, 0.3) is 0 Å². The van der Waals surface area contributed by atoms with E-state index in [-0.39, 0.29) is 30.5 Å². The van der Waals surface area contributed by atoms with Crippen LogP contribution in [0.2, 0.25) is 5.02 Å². The number of hydrogen-bond donors (Lipinski definition) is 3. The summed E-state index contributed by atoms with van der Waals surface area (Å²) in [6.45, 7) is 2.75. The fraction of sp³-hybridized carbons (Fsp3) is 0.654. The van der Waals surface area contributed by atoms with Crippen LogP contribution in [0.5, 0.6) is 5.75 Å². The zero-order chi connectivity index (χ0) is 23.8. The number of benzene rings is 1. The van der Waals surface area contributed by atoms with E-state index in [1.54, 1.807) is 30.3 Å². The van der Waals surface area contributed by atoms with Crippen LogP contribution in [0.15, 0.2) is 36.4 Å². The van der Waals surface area contributed by atoms with Gasteiger partial charge in [0, 0.05) is 24.0 Å². The molecule has 33 heavy (non-hydrogen) atoms. The fourth-order valence-electron chi connectivity index (χ4n) is 5.17. The van der Waals surface area contributed by atoms with Crippen molar-refractivity contribution in [1.29, 1.82) is 0 Å². The van der Waals surface area contributed by atoms with Crippen LogP contribution in [-0.2, 0) is 9.53 Å². The molecule has 2 fully saturated rings. The minimum Gasteiger partial charge on any atom is -0.491 e. The number of carboxylic acids is 1. The molecule has 0 aromatic heterocycles. The van der Waals surface area contributed by atoms with Gasteiger partial charge in [-0.15, -0.1) is 0 Å². The van der Waals surface area contributed by atoms with E-state index >= 15 is 0 Å². The average molecular weight is 481 g/mol. The number of carboxylic acid groups (broad SMARTS) is 1. The third-order valence-corrected chi connectivity index (χ3v) is 7.26. The van der Waals surface area contributed by atoms with Crippen LogP contribution in [0.4, 0.5) is 0 Å². The van der Waals surface area contributed by atoms with Gasteiger partial charge >= 0.3 is 5.97 Å². The first-order valence-corrected chi connectivity index (χ1v) is 12.5. The molecule has 1 saturated carbocycles. The van der Waals surface area contributed by atoms with Crippen molar-refractivity contribution in [3.8, 4) is 5.75 Å². The van der Waals surface area contributed by atoms with Gasteiger partial charge in [-0.3, -0.25) is 4.79 Å². The van der Waals surface area contributed by atoms with Crippen molar-refractivity contribution in [3.05, 3.63) is 41.4 Å². The molecule has 1 unspecified atom stereocenters. The SMILES string of the molecule is CCCC(CC[C@H]1CC[C@@H]2[C@@H](/C=C/[C@@H](O)COc3cccc(Cl)c3)[C@H](O)C[C@@H]2OC1)C(=O)O. The second kappa shape index (κ2) is 12.7. The minimum absolute atomic E-state index is 0.00501. The number of aliphatic carboxylic acids is 1. The van der Waals surface area contributed by atoms with E-state index in [4.69, 9.17) is 21.1 Å². The van der Waals surface area contributed by atoms with Crippen molar-refractivity contribution >= 4 is 17.6 Å². The topological polar surface area (TPSA) is 96.2 Å². The first kappa shape index (κ1) is 26.0. The highest BCUT2D eigenvalue weighted by atomic mass is 35.5. The number of aliphatic hydroxyl groups excluding tert-OH is 2. The first-order valence-electron chi connectivity index (χ1n) is 12.1. The van der Waals surface area contributed by atoms with Crippen LogP contribution in [0.25, 0.3) is 0 Å². The van der Waals surface area contributed by atoms with Crippen molar-refractivity contribution in [2.75, 3.05) is 13.2 Å². The number of rotatable bonds is 11. The number of fused-ring (bicyclic) bond motifs is 1. The van der Waals surface area contributed by atoms with Crippen LogP contribution in [-0.4, -0.2) is 52.8 Å². The van der Waals surface area contributed by atoms with Gasteiger partial charge in [-0.05, 0) is 62.1 Å². The van der Waals surface area contributed by atoms with Crippen LogP contribution in [0.1, 0.15) is 51.9 Å². The molecule has 6 nitrogen and oxygen atoms in total. The Balaban J connectivity index is 1.50. The molecular formula is C26H37ClO6. The van der Waals surface area contributed by atoms with Crippen LogP contribution >= 0.6 is 11.6 Å². The van der Waals surface area contributed by atoms with E-state index < -0.39 is 18.2 Å². The van der Waals surface area contributed by atoms with Gasteiger partial charge < -0.3 is 24.8 Å². The van der Waals surface area contributed by atoms with Crippen molar-refractivity contribution in [2.45, 2.75) is 70.2 Å². The van der Waals surface area contributed by atoms with Gasteiger partial charge in [0.1, 0.15) is 18.5 Å². The van der Waals surface area contributed by atoms with Gasteiger partial charge in [-0.2, -0.15) is 0 Å². The zero-order valence-corrected chi connectivity index (χ0v) is 20.1. The summed E-state index contributed by atoms with van der Waals surface area (Å²) >= 11 is 5.95. The zero-order valence-electron chi connectivity index (χ0n) is 19.3. The lowest BCUT2D eigenvalue weighted by Crippen LogP contribution is -2.22. The predicted molar refractivity (Wildman–Crippen MR) is 127 cm³/mol. The monoisotopic (exact) mass is 480 g/mol. The Morgan fingerprint density at radius 2 is 2.15 bits per heavy atom. The highest BCUT2D eigenvalue weighted by Crippen LogP contribution is 2.42. The lowest BCUT2D eigenvalue weighted by molar-refractivity contribution is -0.142. The Kier molecular flexibility index (Phi) is 10.0. The van der Waals surface area contributed by atoms with Gasteiger partial charge in [-0.25, -0.2) is 0 Å². The normalized spacial score (nSPS) is 29.4. The van der Waals surface area contributed by atoms with Gasteiger partial charge in [-0.1, -0.05) is 43.2 Å². The Hall–Kier alpha value is -1.60. The largest absolute Gasteiger partial charge is 0.491 e. The molecule has 3 N–H and O–H groups in total. The molecule has 1 aromatic rings. The van der Waals surface area contributed by atoms with E-state index in [9.17, 15) is 20.1 Å². The van der Waals surface area contributed by atoms with Crippen molar-refractivity contribution in [2.24, 2.45) is 23.7 Å². The highest BCUT2D eigenvalue weighted by Gasteiger charge is 2.43. The molecule has 1 aliphatic carbocycles. The van der Waals surface area contributed by atoms with Crippen molar-refractivity contribution < 1.29 is 29.6 Å². The molecule has 7 atom stereocenters. The summed E-state index contributed by atoms with van der Waals surface area (Å²) in [5.41, 5.74) is 0. The van der Waals surface area contributed by atoms with Gasteiger partial charge in [0.15, 0.2) is 0 Å². The molecule has 1 heterocycles. The van der Waals surface area contributed by atoms with Crippen LogP contribution in [0, 0.1) is 23.7 Å². The lowest BCUT2D eigenvalue weighted by atomic mass is 9.85. The maximum Gasteiger partial charge on any atom is 0.306 e. The fourth-order valence-corrected chi connectivity index (χ4v) is 5.35. The third kappa shape index (κ3) is 7.71. The van der Waals surface area contributed by atoms with Crippen molar-refractivity contribution in [3.63, 3.8) is 0 Å². The Morgan fingerprint density at radius 1 is 1.33 bits per heavy atom. The summed E-state index contributed by atoms with van der Waals surface area (Å²) in [4.78, 5) is 11.4. The van der Waals surface area contributed by atoms with Gasteiger partial charge in [0.2, 0.25) is 0 Å². The van der Waals surface area contributed by atoms with Crippen LogP contribution in [0.3, 0.4) is 0 Å². The molecule has 3 rings (SSSR count). The molecular weight excluding hydrogens is 444 g/mol. The number of halogens is 1. The maximum absolute atomic E-state index is 11.4. The number of ether oxygens (including phenoxy) is 2. The van der Waals surface area contributed by atoms with E-state index in [2.05, 4.69) is 0 Å². The highest BCUT2D eigenvalue weighted by molar-refractivity contribution is 6.30. The molecule has 1 aliphatic heterocycles. The third-order valence-electron chi connectivity index (χ3n) is 7.03. The molecule has 184 valence electrons. The molecule has 2 aliphatic rings. The predicted octanol–water partition coefficient (Wildman–Crippen LogP) is 4.71. The smallest absolute Gasteiger partial charge is 0.306 e. The minimum atomic E-state index is -0.791. The average Bonchev–Trinajstić information content (AvgIpc) is 2.94. The number of aliphatic hydroxyl groups is 2. The molecule has 1 saturated heterocycles. The molecule has 1 aromatic carbocycles. The summed E-state index contributed by atoms with van der Waals surface area (Å²) in [5, 5.41) is 30.9. The molecule has 0 bridgehead atoms. The molecule has 7 heteroatoms. The quantitative estimate of drug-likeness (QED) is 0.397. The number of hydrogen-bond acceptors (Lipinski definition) is 5. The second-order valence-corrected chi connectivity index (χ2v) is 9.92. The van der Waals surface area contributed by atoms with E-state index in [0.29, 0.717) is 36.1 Å². The standard InChI is InChI=1S/C26H37ClO6/c1-2-4-18(26(30)31)9-7-17-8-11-23-22(24(29)14-25(23)33-15-17)12-10-20(28)16-32-21-6-3-5-19(27)13-21/h3,5-6,10,12-13,17-18,20,22-25,28-29H,2,4,7-9,11,14-16H2,1H3,(H,30,31)/b12-10+/t17-,18?,20+,22+,23+,24+,25-/m0/s1. The summed E-state index contributed by atoms with van der Waals surface area (Å²) in [5.74, 6) is 0.117. The Morgan fingerprint density at radius 3 is 2.88 bits per heavy atom. The van der Waals surface area contributed by atoms with Crippen molar-refractivity contribution in [1.82, 2.24) is 0 Å². The summed E-state index contributed by atoms with van der Waals surface area (Å²) in [6, 6.07) is 7.04. The van der Waals surface area contributed by atoms with Crippen LogP contribution < -0.4 is 4.74 Å². The van der Waals surface area contributed by atoms with E-state index in [1.807, 2.05) is 13.0 Å². The van der Waals surface area contributed by atoms with E-state index in [1.165, 1.54) is 0 Å². The van der Waals surface area contributed by atoms with E-state index in [0.717, 1.165) is 32.1 Å². The summed E-state index contributed by atoms with van der Waals surface area (Å²) in [7, 11) is 0. The Labute approximate surface area is 201 Å². The second-order valence-electron chi connectivity index (χ2n) is 9.48. The maximum atomic E-state index is 11.4. The molecule has 0 amide bonds. The Bertz CT molecular complexity index is 784. The number of carbonyl (C=O) groups is 1. The molecule has 0 spiro atoms. The lowest BCUT2D eigenvalue weighted by Gasteiger charge is -2.21. The molecule has 0 radical (unpaired) electrons. The first-order chi connectivity index (χ1) is 15.9. The summed E-state index contributed by atoms with van der Waals surface area (Å²) in [6.07, 6.45) is 7.98.